The van der Waals surface area contributed by atoms with E-state index in [-0.39, 0.29) is 11.9 Å². The van der Waals surface area contributed by atoms with Gasteiger partial charge in [0.15, 0.2) is 0 Å². The summed E-state index contributed by atoms with van der Waals surface area (Å²) in [6.45, 7) is 0. The lowest BCUT2D eigenvalue weighted by molar-refractivity contribution is -0.142. The van der Waals surface area contributed by atoms with Crippen molar-refractivity contribution in [1.82, 2.24) is 5.32 Å². The molecule has 2 rings (SSSR count). The Labute approximate surface area is 101 Å². The molecule has 17 heavy (non-hydrogen) atoms. The molecule has 2 aliphatic carbocycles. The third-order valence-electron chi connectivity index (χ3n) is 3.74. The number of carbonyl (C=O) groups excluding carboxylic acids is 1. The number of rotatable bonds is 4. The van der Waals surface area contributed by atoms with Crippen LogP contribution < -0.4 is 5.32 Å². The van der Waals surface area contributed by atoms with Crippen molar-refractivity contribution in [1.29, 1.82) is 0 Å². The maximum absolute atomic E-state index is 11.8. The van der Waals surface area contributed by atoms with E-state index in [0.29, 0.717) is 18.8 Å². The van der Waals surface area contributed by atoms with Gasteiger partial charge in [0, 0.05) is 12.5 Å². The molecular weight excluding hydrogens is 218 g/mol. The third kappa shape index (κ3) is 3.08. The summed E-state index contributed by atoms with van der Waals surface area (Å²) in [5.74, 6) is -0.828. The van der Waals surface area contributed by atoms with Gasteiger partial charge < -0.3 is 10.4 Å². The molecule has 0 saturated heterocycles. The van der Waals surface area contributed by atoms with Crippen molar-refractivity contribution in [3.05, 3.63) is 12.2 Å². The smallest absolute Gasteiger partial charge is 0.308 e. The van der Waals surface area contributed by atoms with E-state index < -0.39 is 11.9 Å². The highest BCUT2D eigenvalue weighted by Gasteiger charge is 2.33. The Morgan fingerprint density at radius 2 is 2.12 bits per heavy atom. The van der Waals surface area contributed by atoms with Gasteiger partial charge in [0.1, 0.15) is 0 Å². The number of carbonyl (C=O) groups is 2. The Hall–Kier alpha value is -1.32. The summed E-state index contributed by atoms with van der Waals surface area (Å²) in [6, 6.07) is -0.162. The van der Waals surface area contributed by atoms with Crippen LogP contribution in [-0.2, 0) is 9.59 Å². The average Bonchev–Trinajstić information content (AvgIpc) is 2.88. The average molecular weight is 237 g/mol. The first kappa shape index (κ1) is 12.1. The highest BCUT2D eigenvalue weighted by atomic mass is 16.4. The zero-order valence-corrected chi connectivity index (χ0v) is 9.89. The quantitative estimate of drug-likeness (QED) is 0.731. The summed E-state index contributed by atoms with van der Waals surface area (Å²) in [7, 11) is 0. The second-order valence-electron chi connectivity index (χ2n) is 5.02. The first-order valence-corrected chi connectivity index (χ1v) is 6.35. The zero-order chi connectivity index (χ0) is 12.3. The van der Waals surface area contributed by atoms with Gasteiger partial charge in [-0.05, 0) is 31.6 Å². The van der Waals surface area contributed by atoms with Crippen LogP contribution in [0.3, 0.4) is 0 Å². The molecule has 0 aromatic rings. The van der Waals surface area contributed by atoms with Crippen LogP contribution in [0, 0.1) is 11.8 Å². The molecule has 1 fully saturated rings. The van der Waals surface area contributed by atoms with Crippen LogP contribution in [-0.4, -0.2) is 23.0 Å². The predicted octanol–water partition coefficient (Wildman–Crippen LogP) is 1.71. The summed E-state index contributed by atoms with van der Waals surface area (Å²) in [5, 5.41) is 11.9. The maximum atomic E-state index is 11.8. The molecule has 1 amide bonds. The molecule has 0 radical (unpaired) electrons. The number of allylic oxidation sites excluding steroid dienone is 2. The second kappa shape index (κ2) is 5.34. The van der Waals surface area contributed by atoms with Crippen LogP contribution in [0.4, 0.5) is 0 Å². The van der Waals surface area contributed by atoms with E-state index >= 15 is 0 Å². The molecule has 94 valence electrons. The Kier molecular flexibility index (Phi) is 3.82. The van der Waals surface area contributed by atoms with Gasteiger partial charge in [0.25, 0.3) is 0 Å². The molecule has 1 saturated carbocycles. The number of hydrogen-bond donors (Lipinski definition) is 2. The van der Waals surface area contributed by atoms with Gasteiger partial charge >= 0.3 is 5.97 Å². The summed E-state index contributed by atoms with van der Waals surface area (Å²) >= 11 is 0. The molecule has 4 heteroatoms. The van der Waals surface area contributed by atoms with E-state index in [1.165, 1.54) is 0 Å². The molecule has 2 N–H and O–H groups in total. The molecule has 0 aliphatic heterocycles. The van der Waals surface area contributed by atoms with E-state index in [4.69, 9.17) is 5.11 Å². The maximum Gasteiger partial charge on any atom is 0.308 e. The van der Waals surface area contributed by atoms with Crippen LogP contribution >= 0.6 is 0 Å². The Bertz CT molecular complexity index is 338. The number of amides is 1. The lowest BCUT2D eigenvalue weighted by Crippen LogP contribution is -2.40. The molecule has 3 atom stereocenters. The van der Waals surface area contributed by atoms with E-state index in [1.54, 1.807) is 0 Å². The number of nitrogens with one attached hydrogen (secondary N) is 1. The summed E-state index contributed by atoms with van der Waals surface area (Å²) in [6.07, 6.45) is 9.16. The van der Waals surface area contributed by atoms with Crippen molar-refractivity contribution >= 4 is 11.9 Å². The minimum absolute atomic E-state index is 0.000278. The largest absolute Gasteiger partial charge is 0.481 e. The Morgan fingerprint density at radius 3 is 2.76 bits per heavy atom. The van der Waals surface area contributed by atoms with Crippen LogP contribution in [0.1, 0.15) is 38.5 Å². The summed E-state index contributed by atoms with van der Waals surface area (Å²) < 4.78 is 0. The first-order valence-electron chi connectivity index (χ1n) is 6.35. The third-order valence-corrected chi connectivity index (χ3v) is 3.74. The van der Waals surface area contributed by atoms with Gasteiger partial charge in [-0.1, -0.05) is 18.6 Å². The van der Waals surface area contributed by atoms with Gasteiger partial charge in [0.05, 0.1) is 5.92 Å². The van der Waals surface area contributed by atoms with Gasteiger partial charge in [-0.15, -0.1) is 0 Å². The molecule has 2 aliphatic rings. The van der Waals surface area contributed by atoms with Gasteiger partial charge in [0.2, 0.25) is 5.91 Å². The van der Waals surface area contributed by atoms with Crippen molar-refractivity contribution in [2.24, 2.45) is 11.8 Å². The number of aliphatic carboxylic acids is 1. The summed E-state index contributed by atoms with van der Waals surface area (Å²) in [4.78, 5) is 22.8. The van der Waals surface area contributed by atoms with Gasteiger partial charge in [-0.3, -0.25) is 9.59 Å². The lowest BCUT2D eigenvalue weighted by atomic mass is 10.0. The summed E-state index contributed by atoms with van der Waals surface area (Å²) in [5.41, 5.74) is 0. The monoisotopic (exact) mass is 237 g/mol. The van der Waals surface area contributed by atoms with Crippen molar-refractivity contribution in [3.63, 3.8) is 0 Å². The van der Waals surface area contributed by atoms with E-state index in [1.807, 2.05) is 0 Å². The van der Waals surface area contributed by atoms with Gasteiger partial charge in [-0.2, -0.15) is 0 Å². The molecule has 0 bridgehead atoms. The normalized spacial score (nSPS) is 31.6. The molecular formula is C13H19NO3. The second-order valence-corrected chi connectivity index (χ2v) is 5.02. The number of hydrogen-bond acceptors (Lipinski definition) is 2. The molecule has 4 nitrogen and oxygen atoms in total. The topological polar surface area (TPSA) is 66.4 Å². The minimum atomic E-state index is -0.784. The number of carboxylic acid groups (broad SMARTS) is 1. The standard InChI is InChI=1S/C13H19NO3/c15-12(8-9-4-1-2-5-9)14-11-7-3-6-10(11)13(16)17/h1,4,9-11H,2-3,5-8H2,(H,14,15)(H,16,17). The molecule has 0 spiro atoms. The highest BCUT2D eigenvalue weighted by Crippen LogP contribution is 2.26. The molecule has 0 aromatic heterocycles. The van der Waals surface area contributed by atoms with Crippen LogP contribution in [0.15, 0.2) is 12.2 Å². The molecule has 0 aromatic carbocycles. The Morgan fingerprint density at radius 1 is 1.29 bits per heavy atom. The molecule has 0 heterocycles. The van der Waals surface area contributed by atoms with Gasteiger partial charge in [-0.25, -0.2) is 0 Å². The van der Waals surface area contributed by atoms with Crippen LogP contribution in [0.5, 0.6) is 0 Å². The predicted molar refractivity (Wildman–Crippen MR) is 63.4 cm³/mol. The van der Waals surface area contributed by atoms with Crippen molar-refractivity contribution < 1.29 is 14.7 Å². The SMILES string of the molecule is O=C(CC1C=CCC1)NC1CCCC1C(=O)O. The fourth-order valence-corrected chi connectivity index (χ4v) is 2.80. The van der Waals surface area contributed by atoms with E-state index in [9.17, 15) is 9.59 Å². The van der Waals surface area contributed by atoms with E-state index in [2.05, 4.69) is 17.5 Å². The first-order chi connectivity index (χ1) is 8.16. The van der Waals surface area contributed by atoms with Crippen molar-refractivity contribution in [2.45, 2.75) is 44.6 Å². The minimum Gasteiger partial charge on any atom is -0.481 e. The van der Waals surface area contributed by atoms with Crippen molar-refractivity contribution in [2.75, 3.05) is 0 Å². The highest BCUT2D eigenvalue weighted by molar-refractivity contribution is 5.78. The lowest BCUT2D eigenvalue weighted by Gasteiger charge is -2.18. The zero-order valence-electron chi connectivity index (χ0n) is 9.89. The fraction of sp³-hybridized carbons (Fsp3) is 0.692. The van der Waals surface area contributed by atoms with Crippen LogP contribution in [0.2, 0.25) is 0 Å². The Balaban J connectivity index is 1.81. The van der Waals surface area contributed by atoms with Crippen LogP contribution in [0.25, 0.3) is 0 Å². The number of carboxylic acids is 1. The molecule has 3 unspecified atom stereocenters. The van der Waals surface area contributed by atoms with E-state index in [0.717, 1.165) is 25.7 Å². The fourth-order valence-electron chi connectivity index (χ4n) is 2.80. The van der Waals surface area contributed by atoms with Crippen molar-refractivity contribution in [3.8, 4) is 0 Å².